The average Bonchev–Trinajstić information content (AvgIpc) is 2.88. The summed E-state index contributed by atoms with van der Waals surface area (Å²) >= 11 is 0. The third-order valence-electron chi connectivity index (χ3n) is 5.05. The van der Waals surface area contributed by atoms with Crippen molar-refractivity contribution in [1.29, 1.82) is 0 Å². The maximum absolute atomic E-state index is 12.2. The first kappa shape index (κ1) is 22.6. The van der Waals surface area contributed by atoms with Gasteiger partial charge in [0, 0.05) is 29.9 Å². The monoisotopic (exact) mass is 457 g/mol. The molecule has 3 aromatic carbocycles. The van der Waals surface area contributed by atoms with E-state index in [0.717, 1.165) is 10.9 Å². The van der Waals surface area contributed by atoms with Gasteiger partial charge >= 0.3 is 11.8 Å². The minimum Gasteiger partial charge on any atom is -0.493 e. The molecule has 0 spiro atoms. The summed E-state index contributed by atoms with van der Waals surface area (Å²) in [7, 11) is 3.13. The first-order valence-electron chi connectivity index (χ1n) is 10.5. The molecule has 0 fully saturated rings. The van der Waals surface area contributed by atoms with Crippen LogP contribution in [0.25, 0.3) is 10.9 Å². The van der Waals surface area contributed by atoms with Crippen LogP contribution in [0.2, 0.25) is 0 Å². The van der Waals surface area contributed by atoms with E-state index in [4.69, 9.17) is 14.2 Å². The first-order chi connectivity index (χ1) is 16.6. The average molecular weight is 457 g/mol. The van der Waals surface area contributed by atoms with Crippen molar-refractivity contribution in [1.82, 2.24) is 10.3 Å². The molecule has 2 amide bonds. The van der Waals surface area contributed by atoms with Crippen LogP contribution in [0.15, 0.2) is 79.0 Å². The van der Waals surface area contributed by atoms with Gasteiger partial charge in [-0.15, -0.1) is 0 Å². The van der Waals surface area contributed by atoms with E-state index < -0.39 is 11.8 Å². The van der Waals surface area contributed by atoms with Crippen LogP contribution in [-0.4, -0.2) is 31.0 Å². The number of hydrogen-bond donors (Lipinski definition) is 2. The Balaban J connectivity index is 1.41. The van der Waals surface area contributed by atoms with Gasteiger partial charge in [0.25, 0.3) is 0 Å². The van der Waals surface area contributed by atoms with Gasteiger partial charge in [0.05, 0.1) is 19.7 Å². The molecule has 0 bridgehead atoms. The molecule has 0 unspecified atom stereocenters. The van der Waals surface area contributed by atoms with Crippen LogP contribution in [0.5, 0.6) is 23.0 Å². The van der Waals surface area contributed by atoms with E-state index >= 15 is 0 Å². The molecule has 2 N–H and O–H groups in total. The molecule has 8 nitrogen and oxygen atoms in total. The topological polar surface area (TPSA) is 98.8 Å². The van der Waals surface area contributed by atoms with Crippen molar-refractivity contribution in [3.05, 3.63) is 84.6 Å². The van der Waals surface area contributed by atoms with Crippen LogP contribution < -0.4 is 24.8 Å². The van der Waals surface area contributed by atoms with Gasteiger partial charge in [-0.25, -0.2) is 0 Å². The number of nitrogens with zero attached hydrogens (tertiary/aromatic N) is 1. The Hall–Kier alpha value is -4.59. The molecular formula is C26H23N3O5. The fourth-order valence-corrected chi connectivity index (χ4v) is 3.32. The third-order valence-corrected chi connectivity index (χ3v) is 5.05. The summed E-state index contributed by atoms with van der Waals surface area (Å²) in [6.45, 7) is 0.274. The first-order valence-corrected chi connectivity index (χ1v) is 10.5. The molecule has 172 valence electrons. The smallest absolute Gasteiger partial charge is 0.313 e. The van der Waals surface area contributed by atoms with E-state index in [1.165, 1.54) is 0 Å². The number of carbonyl (C=O) groups is 2. The lowest BCUT2D eigenvalue weighted by Gasteiger charge is -2.12. The van der Waals surface area contributed by atoms with Gasteiger partial charge in [-0.1, -0.05) is 30.3 Å². The van der Waals surface area contributed by atoms with E-state index in [9.17, 15) is 9.59 Å². The Morgan fingerprint density at radius 2 is 1.53 bits per heavy atom. The van der Waals surface area contributed by atoms with Crippen molar-refractivity contribution in [3.63, 3.8) is 0 Å². The second-order valence-corrected chi connectivity index (χ2v) is 7.28. The number of aromatic nitrogens is 1. The highest BCUT2D eigenvalue weighted by molar-refractivity contribution is 6.39. The highest BCUT2D eigenvalue weighted by Gasteiger charge is 2.14. The van der Waals surface area contributed by atoms with E-state index in [0.29, 0.717) is 34.2 Å². The van der Waals surface area contributed by atoms with Crippen LogP contribution in [0.1, 0.15) is 5.56 Å². The number of anilines is 1. The van der Waals surface area contributed by atoms with Crippen LogP contribution in [0.3, 0.4) is 0 Å². The zero-order chi connectivity index (χ0) is 23.9. The Bertz CT molecular complexity index is 1310. The van der Waals surface area contributed by atoms with E-state index in [1.807, 2.05) is 30.3 Å². The van der Waals surface area contributed by atoms with Gasteiger partial charge in [-0.2, -0.15) is 0 Å². The molecule has 4 rings (SSSR count). The summed E-state index contributed by atoms with van der Waals surface area (Å²) in [6, 6.07) is 21.4. The predicted molar refractivity (Wildman–Crippen MR) is 128 cm³/mol. The lowest BCUT2D eigenvalue weighted by molar-refractivity contribution is -0.136. The van der Waals surface area contributed by atoms with Crippen LogP contribution in [-0.2, 0) is 16.1 Å². The molecule has 8 heteroatoms. The number of fused-ring (bicyclic) bond motifs is 1. The SMILES string of the molecule is COc1cc2nccc(Oc3ccc(NC(=O)C(=O)NCc4ccccc4)cc3)c2cc1OC. The molecule has 34 heavy (non-hydrogen) atoms. The number of pyridine rings is 1. The number of rotatable bonds is 7. The van der Waals surface area contributed by atoms with Gasteiger partial charge < -0.3 is 24.8 Å². The van der Waals surface area contributed by atoms with Crippen molar-refractivity contribution >= 4 is 28.4 Å². The molecule has 1 heterocycles. The van der Waals surface area contributed by atoms with E-state index in [2.05, 4.69) is 15.6 Å². The Labute approximate surface area is 196 Å². The lowest BCUT2D eigenvalue weighted by Crippen LogP contribution is -2.34. The van der Waals surface area contributed by atoms with Gasteiger partial charge in [-0.3, -0.25) is 14.6 Å². The van der Waals surface area contributed by atoms with Crippen molar-refractivity contribution < 1.29 is 23.8 Å². The maximum atomic E-state index is 12.2. The lowest BCUT2D eigenvalue weighted by atomic mass is 10.2. The molecule has 0 saturated carbocycles. The Kier molecular flexibility index (Phi) is 6.88. The molecule has 1 aromatic heterocycles. The second kappa shape index (κ2) is 10.4. The molecule has 0 radical (unpaired) electrons. The highest BCUT2D eigenvalue weighted by Crippen LogP contribution is 2.36. The number of nitrogens with one attached hydrogen (secondary N) is 2. The summed E-state index contributed by atoms with van der Waals surface area (Å²) in [5.41, 5.74) is 2.07. The van der Waals surface area contributed by atoms with E-state index in [1.54, 1.807) is 62.9 Å². The summed E-state index contributed by atoms with van der Waals surface area (Å²) in [6.07, 6.45) is 1.65. The number of carbonyl (C=O) groups excluding carboxylic acids is 2. The number of methoxy groups -OCH3 is 2. The molecule has 0 aliphatic carbocycles. The second-order valence-electron chi connectivity index (χ2n) is 7.28. The third kappa shape index (κ3) is 5.24. The zero-order valence-corrected chi connectivity index (χ0v) is 18.7. The van der Waals surface area contributed by atoms with Crippen LogP contribution >= 0.6 is 0 Å². The normalized spacial score (nSPS) is 10.4. The predicted octanol–water partition coefficient (Wildman–Crippen LogP) is 4.30. The van der Waals surface area contributed by atoms with Crippen LogP contribution in [0.4, 0.5) is 5.69 Å². The summed E-state index contributed by atoms with van der Waals surface area (Å²) in [4.78, 5) is 28.6. The largest absolute Gasteiger partial charge is 0.493 e. The number of amides is 2. The van der Waals surface area contributed by atoms with Gasteiger partial charge in [0.1, 0.15) is 11.5 Å². The standard InChI is InChI=1S/C26H23N3O5/c1-32-23-14-20-21(15-24(23)33-2)27-13-12-22(20)34-19-10-8-18(9-11-19)29-26(31)25(30)28-16-17-6-4-3-5-7-17/h3-15H,16H2,1-2H3,(H,28,30)(H,29,31). The molecule has 0 saturated heterocycles. The summed E-state index contributed by atoms with van der Waals surface area (Å²) in [5, 5.41) is 5.93. The fourth-order valence-electron chi connectivity index (χ4n) is 3.32. The fraction of sp³-hybridized carbons (Fsp3) is 0.115. The van der Waals surface area contributed by atoms with Gasteiger partial charge in [0.15, 0.2) is 11.5 Å². The van der Waals surface area contributed by atoms with Gasteiger partial charge in [-0.05, 0) is 42.0 Å². The summed E-state index contributed by atoms with van der Waals surface area (Å²) in [5.74, 6) is 0.823. The van der Waals surface area contributed by atoms with Crippen molar-refractivity contribution in [2.24, 2.45) is 0 Å². The number of benzene rings is 3. The molecule has 0 aliphatic heterocycles. The maximum Gasteiger partial charge on any atom is 0.313 e. The molecule has 0 aliphatic rings. The van der Waals surface area contributed by atoms with Crippen molar-refractivity contribution in [2.75, 3.05) is 19.5 Å². The molecule has 0 atom stereocenters. The molecular weight excluding hydrogens is 434 g/mol. The number of hydrogen-bond acceptors (Lipinski definition) is 6. The minimum atomic E-state index is -0.745. The zero-order valence-electron chi connectivity index (χ0n) is 18.7. The summed E-state index contributed by atoms with van der Waals surface area (Å²) < 4.78 is 16.7. The quantitative estimate of drug-likeness (QED) is 0.402. The van der Waals surface area contributed by atoms with Gasteiger partial charge in [0.2, 0.25) is 0 Å². The van der Waals surface area contributed by atoms with Crippen molar-refractivity contribution in [3.8, 4) is 23.0 Å². The van der Waals surface area contributed by atoms with Crippen LogP contribution in [0, 0.1) is 0 Å². The van der Waals surface area contributed by atoms with E-state index in [-0.39, 0.29) is 6.54 Å². The number of ether oxygens (including phenoxy) is 3. The minimum absolute atomic E-state index is 0.274. The Morgan fingerprint density at radius 1 is 0.824 bits per heavy atom. The Morgan fingerprint density at radius 3 is 2.24 bits per heavy atom. The molecule has 4 aromatic rings. The highest BCUT2D eigenvalue weighted by atomic mass is 16.5. The van der Waals surface area contributed by atoms with Crippen molar-refractivity contribution in [2.45, 2.75) is 6.54 Å².